The minimum absolute atomic E-state index is 0.0375. The lowest BCUT2D eigenvalue weighted by Crippen LogP contribution is -2.51. The molecule has 1 saturated carbocycles. The van der Waals surface area contributed by atoms with Gasteiger partial charge in [0.15, 0.2) is 0 Å². The number of fused-ring (bicyclic) bond motifs is 2. The van der Waals surface area contributed by atoms with Crippen LogP contribution in [0.4, 0.5) is 0 Å². The van der Waals surface area contributed by atoms with Crippen molar-refractivity contribution in [1.82, 2.24) is 0 Å². The summed E-state index contributed by atoms with van der Waals surface area (Å²) in [5, 5.41) is 21.0. The van der Waals surface area contributed by atoms with Gasteiger partial charge in [0, 0.05) is 23.8 Å². The molecule has 0 spiro atoms. The largest absolute Gasteiger partial charge is 0.508 e. The van der Waals surface area contributed by atoms with E-state index in [1.165, 1.54) is 5.57 Å². The average molecular weight is 312 g/mol. The van der Waals surface area contributed by atoms with Crippen molar-refractivity contribution in [2.75, 3.05) is 0 Å². The second kappa shape index (κ2) is 4.56. The third kappa shape index (κ3) is 1.71. The number of phenolic OH excluding ortho intramolecular Hbond substituents is 1. The summed E-state index contributed by atoms with van der Waals surface area (Å²) < 4.78 is 6.23. The van der Waals surface area contributed by atoms with Crippen molar-refractivity contribution in [3.63, 3.8) is 0 Å². The van der Waals surface area contributed by atoms with E-state index in [9.17, 15) is 10.2 Å². The second-order valence-corrected chi connectivity index (χ2v) is 7.64. The number of aryl methyl sites for hydroxylation is 1. The number of aliphatic hydroxyl groups is 1. The number of hydrogen-bond donors (Lipinski definition) is 2. The lowest BCUT2D eigenvalue weighted by molar-refractivity contribution is 0.0312. The minimum atomic E-state index is -0.0600. The first-order valence-electron chi connectivity index (χ1n) is 8.52. The fraction of sp³-hybridized carbons (Fsp3) is 0.500. The van der Waals surface area contributed by atoms with Gasteiger partial charge >= 0.3 is 0 Å². The van der Waals surface area contributed by atoms with Crippen LogP contribution in [-0.2, 0) is 6.42 Å². The Hall–Kier alpha value is -1.90. The van der Waals surface area contributed by atoms with Crippen molar-refractivity contribution < 1.29 is 14.9 Å². The monoisotopic (exact) mass is 312 g/mol. The van der Waals surface area contributed by atoms with Gasteiger partial charge in [-0.05, 0) is 23.5 Å². The minimum Gasteiger partial charge on any atom is -0.508 e. The van der Waals surface area contributed by atoms with E-state index in [-0.39, 0.29) is 28.9 Å². The van der Waals surface area contributed by atoms with Crippen LogP contribution in [0.5, 0.6) is 11.5 Å². The molecule has 1 heterocycles. The lowest BCUT2D eigenvalue weighted by atomic mass is 9.49. The molecule has 1 aliphatic heterocycles. The van der Waals surface area contributed by atoms with Crippen molar-refractivity contribution in [1.29, 1.82) is 0 Å². The van der Waals surface area contributed by atoms with E-state index in [0.717, 1.165) is 36.1 Å². The molecule has 0 bridgehead atoms. The molecule has 1 aromatic carbocycles. The number of aliphatic hydroxyl groups excluding tert-OH is 1. The Morgan fingerprint density at radius 3 is 2.83 bits per heavy atom. The van der Waals surface area contributed by atoms with E-state index >= 15 is 0 Å². The number of phenols is 1. The molecule has 0 radical (unpaired) electrons. The highest BCUT2D eigenvalue weighted by molar-refractivity contribution is 5.73. The van der Waals surface area contributed by atoms with Gasteiger partial charge in [-0.3, -0.25) is 0 Å². The highest BCUT2D eigenvalue weighted by atomic mass is 16.5. The Balaban J connectivity index is 1.93. The number of ether oxygens (including phenoxy) is 1. The average Bonchev–Trinajstić information content (AvgIpc) is 2.87. The number of benzene rings is 1. The molecule has 0 saturated heterocycles. The van der Waals surface area contributed by atoms with Gasteiger partial charge in [0.05, 0.1) is 5.56 Å². The quantitative estimate of drug-likeness (QED) is 0.628. The lowest BCUT2D eigenvalue weighted by Gasteiger charge is -2.57. The summed E-state index contributed by atoms with van der Waals surface area (Å²) in [5.41, 5.74) is 3.77. The van der Waals surface area contributed by atoms with Crippen LogP contribution in [0.3, 0.4) is 0 Å². The molecule has 3 atom stereocenters. The van der Waals surface area contributed by atoms with Crippen LogP contribution in [-0.4, -0.2) is 16.3 Å². The molecule has 4 rings (SSSR count). The van der Waals surface area contributed by atoms with Gasteiger partial charge < -0.3 is 14.9 Å². The summed E-state index contributed by atoms with van der Waals surface area (Å²) in [6.45, 7) is 10.2. The topological polar surface area (TPSA) is 49.7 Å². The zero-order valence-electron chi connectivity index (χ0n) is 14.0. The Morgan fingerprint density at radius 1 is 1.43 bits per heavy atom. The Morgan fingerprint density at radius 2 is 2.17 bits per heavy atom. The Kier molecular flexibility index (Phi) is 2.91. The molecule has 1 aromatic rings. The maximum Gasteiger partial charge on any atom is 0.134 e. The van der Waals surface area contributed by atoms with Crippen LogP contribution < -0.4 is 4.74 Å². The first-order valence-corrected chi connectivity index (χ1v) is 8.52. The fourth-order valence-corrected chi connectivity index (χ4v) is 5.07. The molecule has 122 valence electrons. The molecule has 1 unspecified atom stereocenters. The molecular weight excluding hydrogens is 288 g/mol. The predicted octanol–water partition coefficient (Wildman–Crippen LogP) is 4.70. The molecule has 0 aromatic heterocycles. The SMILES string of the molecule is C=C(O)c1c(CCC)cc2c(c1O)C1[C@H]3C(=CC[C@H]3O2)C1(C)C. The summed E-state index contributed by atoms with van der Waals surface area (Å²) in [6, 6.07) is 2.01. The standard InChI is InChI=1S/C20H24O3/c1-5-6-11-9-14-17(19(22)15(11)10(2)21)18-16-12(20(18,3)4)7-8-13(16)23-14/h7,9,13,16,18,21-22H,2,5-6,8H2,1,3-4H3/t13-,16+,18?/m1/s1. The first-order chi connectivity index (χ1) is 10.9. The first kappa shape index (κ1) is 14.7. The summed E-state index contributed by atoms with van der Waals surface area (Å²) >= 11 is 0. The predicted molar refractivity (Wildman–Crippen MR) is 90.9 cm³/mol. The molecule has 3 nitrogen and oxygen atoms in total. The summed E-state index contributed by atoms with van der Waals surface area (Å²) in [7, 11) is 0. The van der Waals surface area contributed by atoms with E-state index in [0.29, 0.717) is 11.5 Å². The van der Waals surface area contributed by atoms with Gasteiger partial charge in [0.1, 0.15) is 23.4 Å². The zero-order chi connectivity index (χ0) is 16.5. The summed E-state index contributed by atoms with van der Waals surface area (Å²) in [6.07, 6.45) is 5.19. The van der Waals surface area contributed by atoms with E-state index in [2.05, 4.69) is 33.4 Å². The van der Waals surface area contributed by atoms with Crippen molar-refractivity contribution in [3.05, 3.63) is 41.0 Å². The number of rotatable bonds is 3. The molecule has 3 heteroatoms. The van der Waals surface area contributed by atoms with Crippen LogP contribution in [0.2, 0.25) is 0 Å². The molecule has 3 aliphatic rings. The third-order valence-electron chi connectivity index (χ3n) is 5.99. The number of aromatic hydroxyl groups is 1. The maximum absolute atomic E-state index is 10.9. The van der Waals surface area contributed by atoms with E-state index in [1.807, 2.05) is 6.07 Å². The molecule has 0 amide bonds. The second-order valence-electron chi connectivity index (χ2n) is 7.64. The number of hydrogen-bond acceptors (Lipinski definition) is 3. The van der Waals surface area contributed by atoms with Gasteiger partial charge in [-0.2, -0.15) is 0 Å². The van der Waals surface area contributed by atoms with E-state index < -0.39 is 0 Å². The summed E-state index contributed by atoms with van der Waals surface area (Å²) in [4.78, 5) is 0. The molecule has 1 fully saturated rings. The van der Waals surface area contributed by atoms with Gasteiger partial charge in [0.25, 0.3) is 0 Å². The zero-order valence-corrected chi connectivity index (χ0v) is 14.0. The highest BCUT2D eigenvalue weighted by Crippen LogP contribution is 2.69. The maximum atomic E-state index is 10.9. The van der Waals surface area contributed by atoms with Crippen LogP contribution in [0.1, 0.15) is 56.2 Å². The van der Waals surface area contributed by atoms with Crippen molar-refractivity contribution in [2.24, 2.45) is 11.3 Å². The smallest absolute Gasteiger partial charge is 0.134 e. The highest BCUT2D eigenvalue weighted by Gasteiger charge is 2.61. The Bertz CT molecular complexity index is 742. The Labute approximate surface area is 137 Å². The van der Waals surface area contributed by atoms with Gasteiger partial charge in [-0.1, -0.05) is 45.4 Å². The normalized spacial score (nSPS) is 29.0. The van der Waals surface area contributed by atoms with Gasteiger partial charge in [-0.25, -0.2) is 0 Å². The van der Waals surface area contributed by atoms with Gasteiger partial charge in [-0.15, -0.1) is 0 Å². The van der Waals surface area contributed by atoms with E-state index in [1.54, 1.807) is 0 Å². The van der Waals surface area contributed by atoms with Crippen LogP contribution in [0.15, 0.2) is 24.3 Å². The summed E-state index contributed by atoms with van der Waals surface area (Å²) in [5.74, 6) is 1.53. The van der Waals surface area contributed by atoms with Crippen molar-refractivity contribution in [2.45, 2.75) is 52.1 Å². The van der Waals surface area contributed by atoms with Crippen LogP contribution in [0, 0.1) is 11.3 Å². The molecular formula is C20H24O3. The molecule has 2 N–H and O–H groups in total. The molecule has 23 heavy (non-hydrogen) atoms. The molecule has 2 aliphatic carbocycles. The van der Waals surface area contributed by atoms with Crippen molar-refractivity contribution >= 4 is 5.76 Å². The van der Waals surface area contributed by atoms with Crippen molar-refractivity contribution in [3.8, 4) is 11.5 Å². The van der Waals surface area contributed by atoms with E-state index in [4.69, 9.17) is 4.74 Å². The fourth-order valence-electron chi connectivity index (χ4n) is 5.07. The third-order valence-corrected chi connectivity index (χ3v) is 5.99. The van der Waals surface area contributed by atoms with Crippen LogP contribution >= 0.6 is 0 Å². The van der Waals surface area contributed by atoms with Crippen LogP contribution in [0.25, 0.3) is 5.76 Å². The van der Waals surface area contributed by atoms with Gasteiger partial charge in [0.2, 0.25) is 0 Å².